The molecule has 0 bridgehead atoms. The molecule has 4 aromatic rings. The van der Waals surface area contributed by atoms with Crippen LogP contribution < -0.4 is 20.3 Å². The van der Waals surface area contributed by atoms with Gasteiger partial charge in [-0.2, -0.15) is 0 Å². The largest absolute Gasteiger partial charge is 0.454 e. The number of nitrogens with zero attached hydrogens (tertiary/aromatic N) is 5. The zero-order valence-corrected chi connectivity index (χ0v) is 18.1. The van der Waals surface area contributed by atoms with Crippen molar-refractivity contribution in [3.63, 3.8) is 0 Å². The van der Waals surface area contributed by atoms with Gasteiger partial charge in [-0.3, -0.25) is 0 Å². The smallest absolute Gasteiger partial charge is 0.231 e. The highest BCUT2D eigenvalue weighted by atomic mass is 32.2. The van der Waals surface area contributed by atoms with Gasteiger partial charge in [0.15, 0.2) is 33.6 Å². The van der Waals surface area contributed by atoms with Gasteiger partial charge in [-0.1, -0.05) is 11.8 Å². The summed E-state index contributed by atoms with van der Waals surface area (Å²) < 4.78 is 41.1. The summed E-state index contributed by atoms with van der Waals surface area (Å²) in [6.45, 7) is 0.428. The number of imidazole rings is 1. The molecule has 4 heterocycles. The summed E-state index contributed by atoms with van der Waals surface area (Å²) in [5.74, 6) is 1.61. The van der Waals surface area contributed by atoms with Crippen LogP contribution in [0.25, 0.3) is 22.6 Å². The van der Waals surface area contributed by atoms with Crippen LogP contribution in [-0.2, 0) is 16.6 Å². The lowest BCUT2D eigenvalue weighted by Crippen LogP contribution is -2.18. The number of nitrogens with two attached hydrogens (primary N) is 2. The summed E-state index contributed by atoms with van der Waals surface area (Å²) in [4.78, 5) is 17.9. The molecule has 32 heavy (non-hydrogen) atoms. The number of ether oxygens (including phenoxy) is 2. The van der Waals surface area contributed by atoms with E-state index in [-0.39, 0.29) is 24.8 Å². The average molecular weight is 476 g/mol. The molecule has 0 saturated carbocycles. The molecule has 1 aliphatic heterocycles. The molecule has 5 rings (SSSR count). The minimum atomic E-state index is -3.60. The van der Waals surface area contributed by atoms with E-state index in [9.17, 15) is 8.42 Å². The Morgan fingerprint density at radius 2 is 1.97 bits per heavy atom. The van der Waals surface area contributed by atoms with Gasteiger partial charge in [0.2, 0.25) is 22.7 Å². The van der Waals surface area contributed by atoms with Gasteiger partial charge in [0.1, 0.15) is 12.6 Å². The molecular formula is C18H17N7O5S2. The van der Waals surface area contributed by atoms with Crippen molar-refractivity contribution in [1.82, 2.24) is 24.5 Å². The lowest BCUT2D eigenvalue weighted by molar-refractivity contribution is 0.174. The van der Waals surface area contributed by atoms with Crippen molar-refractivity contribution < 1.29 is 22.3 Å². The summed E-state index contributed by atoms with van der Waals surface area (Å²) in [5.41, 5.74) is 7.60. The Balaban J connectivity index is 1.58. The lowest BCUT2D eigenvalue weighted by Gasteiger charge is -2.10. The summed E-state index contributed by atoms with van der Waals surface area (Å²) in [6, 6.07) is 3.61. The SMILES string of the molecule is Nc1ncnc2c1nc(Sc1cc3c(cc1-c1ncco1)OCO3)n2CCCS(N)(=O)=O. The molecule has 3 aromatic heterocycles. The molecule has 14 heteroatoms. The molecule has 0 amide bonds. The number of rotatable bonds is 7. The summed E-state index contributed by atoms with van der Waals surface area (Å²) in [7, 11) is -3.60. The van der Waals surface area contributed by atoms with E-state index in [2.05, 4.69) is 19.9 Å². The number of aryl methyl sites for hydroxylation is 1. The zero-order chi connectivity index (χ0) is 22.3. The maximum Gasteiger partial charge on any atom is 0.231 e. The quantitative estimate of drug-likeness (QED) is 0.397. The standard InChI is InChI=1S/C18H17N7O5S2/c19-15-14-16(23-8-22-15)25(3-1-5-32(20,26)27)18(24-14)31-13-7-12-11(29-9-30-12)6-10(13)17-21-2-4-28-17/h2,4,6-8H,1,3,5,9H2,(H2,19,22,23)(H2,20,26,27). The third kappa shape index (κ3) is 3.94. The van der Waals surface area contributed by atoms with E-state index in [1.807, 2.05) is 6.07 Å². The predicted octanol–water partition coefficient (Wildman–Crippen LogP) is 1.62. The van der Waals surface area contributed by atoms with Crippen LogP contribution in [0.3, 0.4) is 0 Å². The van der Waals surface area contributed by atoms with Crippen LogP contribution >= 0.6 is 11.8 Å². The number of nitrogen functional groups attached to an aromatic ring is 1. The van der Waals surface area contributed by atoms with Gasteiger partial charge in [0.25, 0.3) is 0 Å². The number of benzene rings is 1. The number of fused-ring (bicyclic) bond motifs is 2. The first kappa shape index (κ1) is 20.5. The zero-order valence-electron chi connectivity index (χ0n) is 16.5. The van der Waals surface area contributed by atoms with E-state index in [1.54, 1.807) is 16.8 Å². The Hall–Kier alpha value is -3.36. The highest BCUT2D eigenvalue weighted by Crippen LogP contribution is 2.44. The molecule has 1 aromatic carbocycles. The van der Waals surface area contributed by atoms with Crippen molar-refractivity contribution >= 4 is 38.8 Å². The molecule has 4 N–H and O–H groups in total. The molecule has 0 saturated heterocycles. The van der Waals surface area contributed by atoms with Gasteiger partial charge >= 0.3 is 0 Å². The summed E-state index contributed by atoms with van der Waals surface area (Å²) in [5, 5.41) is 5.69. The number of sulfonamides is 1. The fourth-order valence-corrected chi connectivity index (χ4v) is 4.84. The fourth-order valence-electron chi connectivity index (χ4n) is 3.27. The van der Waals surface area contributed by atoms with Crippen LogP contribution in [0.1, 0.15) is 6.42 Å². The Labute approximate surface area is 186 Å². The average Bonchev–Trinajstić information content (AvgIpc) is 3.48. The van der Waals surface area contributed by atoms with Crippen molar-refractivity contribution in [2.45, 2.75) is 23.0 Å². The second-order valence-electron chi connectivity index (χ2n) is 6.84. The Morgan fingerprint density at radius 1 is 1.16 bits per heavy atom. The molecule has 0 atom stereocenters. The topological polar surface area (TPSA) is 174 Å². The van der Waals surface area contributed by atoms with E-state index < -0.39 is 10.0 Å². The number of oxazole rings is 1. The molecule has 0 aliphatic carbocycles. The number of primary sulfonamides is 1. The first-order chi connectivity index (χ1) is 15.4. The third-order valence-corrected chi connectivity index (χ3v) is 6.58. The number of anilines is 1. The van der Waals surface area contributed by atoms with Gasteiger partial charge in [0.05, 0.1) is 17.5 Å². The molecular weight excluding hydrogens is 458 g/mol. The van der Waals surface area contributed by atoms with Crippen LogP contribution in [-0.4, -0.2) is 45.5 Å². The maximum absolute atomic E-state index is 11.4. The van der Waals surface area contributed by atoms with E-state index >= 15 is 0 Å². The predicted molar refractivity (Wildman–Crippen MR) is 115 cm³/mol. The highest BCUT2D eigenvalue weighted by Gasteiger charge is 2.23. The normalized spacial score (nSPS) is 13.2. The minimum Gasteiger partial charge on any atom is -0.454 e. The highest BCUT2D eigenvalue weighted by molar-refractivity contribution is 7.99. The molecule has 0 radical (unpaired) electrons. The maximum atomic E-state index is 11.4. The molecule has 0 fully saturated rings. The third-order valence-electron chi connectivity index (χ3n) is 4.67. The Kier molecular flexibility index (Phi) is 5.11. The van der Waals surface area contributed by atoms with Crippen molar-refractivity contribution in [2.75, 3.05) is 18.3 Å². The van der Waals surface area contributed by atoms with Crippen LogP contribution in [0.15, 0.2) is 45.4 Å². The number of aromatic nitrogens is 5. The van der Waals surface area contributed by atoms with E-state index in [4.69, 9.17) is 24.8 Å². The van der Waals surface area contributed by atoms with Crippen molar-refractivity contribution in [3.05, 3.63) is 30.9 Å². The molecule has 0 unspecified atom stereocenters. The minimum absolute atomic E-state index is 0.118. The summed E-state index contributed by atoms with van der Waals surface area (Å²) in [6.07, 6.45) is 4.64. The van der Waals surface area contributed by atoms with Crippen LogP contribution in [0, 0.1) is 0 Å². The number of hydrogen-bond donors (Lipinski definition) is 2. The first-order valence-corrected chi connectivity index (χ1v) is 11.9. The monoisotopic (exact) mass is 475 g/mol. The van der Waals surface area contributed by atoms with Gasteiger partial charge in [-0.25, -0.2) is 33.5 Å². The van der Waals surface area contributed by atoms with E-state index in [0.717, 1.165) is 4.90 Å². The van der Waals surface area contributed by atoms with Crippen LogP contribution in [0.2, 0.25) is 0 Å². The summed E-state index contributed by atoms with van der Waals surface area (Å²) >= 11 is 1.31. The fraction of sp³-hybridized carbons (Fsp3) is 0.222. The molecule has 0 spiro atoms. The lowest BCUT2D eigenvalue weighted by atomic mass is 10.2. The van der Waals surface area contributed by atoms with Crippen LogP contribution in [0.5, 0.6) is 11.5 Å². The van der Waals surface area contributed by atoms with E-state index in [0.29, 0.717) is 45.8 Å². The van der Waals surface area contributed by atoms with Gasteiger partial charge in [-0.15, -0.1) is 0 Å². The van der Waals surface area contributed by atoms with Crippen molar-refractivity contribution in [3.8, 4) is 23.0 Å². The van der Waals surface area contributed by atoms with Crippen molar-refractivity contribution in [2.24, 2.45) is 5.14 Å². The van der Waals surface area contributed by atoms with Gasteiger partial charge in [-0.05, 0) is 18.6 Å². The second-order valence-corrected chi connectivity index (χ2v) is 9.58. The van der Waals surface area contributed by atoms with Crippen molar-refractivity contribution in [1.29, 1.82) is 0 Å². The van der Waals surface area contributed by atoms with Gasteiger partial charge < -0.3 is 24.2 Å². The van der Waals surface area contributed by atoms with E-state index in [1.165, 1.54) is 24.4 Å². The second kappa shape index (κ2) is 7.96. The molecule has 1 aliphatic rings. The van der Waals surface area contributed by atoms with Crippen LogP contribution in [0.4, 0.5) is 5.82 Å². The first-order valence-electron chi connectivity index (χ1n) is 9.37. The Morgan fingerprint density at radius 3 is 2.72 bits per heavy atom. The molecule has 12 nitrogen and oxygen atoms in total. The molecule has 166 valence electrons. The van der Waals surface area contributed by atoms with Gasteiger partial charge in [0, 0.05) is 11.4 Å². The Bertz CT molecular complexity index is 1400. The number of hydrogen-bond acceptors (Lipinski definition) is 11.